The van der Waals surface area contributed by atoms with E-state index in [2.05, 4.69) is 5.32 Å². The van der Waals surface area contributed by atoms with E-state index < -0.39 is 18.4 Å². The number of hydrogen-bond donors (Lipinski definition) is 2. The van der Waals surface area contributed by atoms with Gasteiger partial charge in [0.05, 0.1) is 0 Å². The molecule has 0 bridgehead atoms. The summed E-state index contributed by atoms with van der Waals surface area (Å²) in [6, 6.07) is 13.0. The Hall–Kier alpha value is -2.86. The molecule has 0 saturated heterocycles. The van der Waals surface area contributed by atoms with E-state index in [0.717, 1.165) is 5.56 Å². The second kappa shape index (κ2) is 9.19. The molecule has 2 aromatic carbocycles. The van der Waals surface area contributed by atoms with Crippen molar-refractivity contribution >= 4 is 29.4 Å². The van der Waals surface area contributed by atoms with Gasteiger partial charge in [-0.25, -0.2) is 0 Å². The van der Waals surface area contributed by atoms with E-state index in [-0.39, 0.29) is 18.5 Å². The molecule has 6 nitrogen and oxygen atoms in total. The van der Waals surface area contributed by atoms with Crippen molar-refractivity contribution in [2.75, 3.05) is 6.54 Å². The Labute approximate surface area is 162 Å². The topological polar surface area (TPSA) is 86.7 Å². The first-order valence-corrected chi connectivity index (χ1v) is 8.80. The summed E-state index contributed by atoms with van der Waals surface area (Å²) in [6.45, 7) is 3.42. The van der Waals surface area contributed by atoms with Gasteiger partial charge in [0.15, 0.2) is 0 Å². The van der Waals surface area contributed by atoms with Crippen molar-refractivity contribution in [1.82, 2.24) is 10.2 Å². The average molecular weight is 389 g/mol. The van der Waals surface area contributed by atoms with Crippen LogP contribution in [0, 0.1) is 0 Å². The summed E-state index contributed by atoms with van der Waals surface area (Å²) in [5, 5.41) is 12.5. The highest BCUT2D eigenvalue weighted by Crippen LogP contribution is 2.14. The molecular weight excluding hydrogens is 368 g/mol. The molecule has 142 valence electrons. The van der Waals surface area contributed by atoms with E-state index in [1.54, 1.807) is 36.4 Å². The highest BCUT2D eigenvalue weighted by Gasteiger charge is 2.19. The van der Waals surface area contributed by atoms with E-state index in [9.17, 15) is 14.4 Å². The summed E-state index contributed by atoms with van der Waals surface area (Å²) in [5.74, 6) is -1.76. The number of halogens is 1. The Morgan fingerprint density at radius 2 is 1.56 bits per heavy atom. The lowest BCUT2D eigenvalue weighted by atomic mass is 10.1. The zero-order chi connectivity index (χ0) is 20.0. The second-order valence-electron chi connectivity index (χ2n) is 6.39. The quantitative estimate of drug-likeness (QED) is 0.762. The monoisotopic (exact) mass is 388 g/mol. The number of rotatable bonds is 7. The van der Waals surface area contributed by atoms with E-state index in [4.69, 9.17) is 16.7 Å². The maximum absolute atomic E-state index is 12.7. The molecule has 7 heteroatoms. The van der Waals surface area contributed by atoms with Crippen LogP contribution < -0.4 is 5.32 Å². The van der Waals surface area contributed by atoms with E-state index >= 15 is 0 Å². The van der Waals surface area contributed by atoms with Gasteiger partial charge in [-0.15, -0.1) is 0 Å². The Morgan fingerprint density at radius 3 is 2.07 bits per heavy atom. The van der Waals surface area contributed by atoms with Gasteiger partial charge in [0, 0.05) is 28.7 Å². The van der Waals surface area contributed by atoms with Gasteiger partial charge in [-0.1, -0.05) is 23.7 Å². The van der Waals surface area contributed by atoms with Crippen molar-refractivity contribution in [3.8, 4) is 0 Å². The third kappa shape index (κ3) is 6.11. The van der Waals surface area contributed by atoms with Crippen LogP contribution in [0.15, 0.2) is 48.5 Å². The summed E-state index contributed by atoms with van der Waals surface area (Å²) in [6.07, 6.45) is 0. The van der Waals surface area contributed by atoms with Gasteiger partial charge in [0.1, 0.15) is 6.54 Å². The van der Waals surface area contributed by atoms with Crippen LogP contribution in [0.4, 0.5) is 0 Å². The summed E-state index contributed by atoms with van der Waals surface area (Å²) < 4.78 is 0. The van der Waals surface area contributed by atoms with Crippen LogP contribution in [0.2, 0.25) is 5.02 Å². The summed E-state index contributed by atoms with van der Waals surface area (Å²) in [4.78, 5) is 37.1. The second-order valence-corrected chi connectivity index (χ2v) is 6.82. The maximum Gasteiger partial charge on any atom is 0.323 e. The summed E-state index contributed by atoms with van der Waals surface area (Å²) in [7, 11) is 0. The normalized spacial score (nSPS) is 10.5. The highest BCUT2D eigenvalue weighted by molar-refractivity contribution is 6.30. The van der Waals surface area contributed by atoms with Crippen molar-refractivity contribution in [1.29, 1.82) is 0 Å². The molecule has 0 fully saturated rings. The predicted octanol–water partition coefficient (Wildman–Crippen LogP) is 3.21. The van der Waals surface area contributed by atoms with Gasteiger partial charge in [-0.3, -0.25) is 14.4 Å². The van der Waals surface area contributed by atoms with Crippen molar-refractivity contribution in [3.05, 3.63) is 70.2 Å². The Kier molecular flexibility index (Phi) is 6.96. The summed E-state index contributed by atoms with van der Waals surface area (Å²) in [5.41, 5.74) is 1.51. The van der Waals surface area contributed by atoms with Crippen molar-refractivity contribution in [2.24, 2.45) is 0 Å². The number of aliphatic carboxylic acids is 1. The number of nitrogens with zero attached hydrogens (tertiary/aromatic N) is 1. The van der Waals surface area contributed by atoms with E-state index in [0.29, 0.717) is 16.1 Å². The Morgan fingerprint density at radius 1 is 1.00 bits per heavy atom. The fourth-order valence-electron chi connectivity index (χ4n) is 2.47. The summed E-state index contributed by atoms with van der Waals surface area (Å²) >= 11 is 5.86. The van der Waals surface area contributed by atoms with Crippen LogP contribution in [0.1, 0.15) is 40.1 Å². The number of carbonyl (C=O) groups excluding carboxylic acids is 2. The average Bonchev–Trinajstić information content (AvgIpc) is 2.61. The number of benzene rings is 2. The molecule has 0 heterocycles. The molecule has 0 spiro atoms. The molecular formula is C20H21ClN2O4. The van der Waals surface area contributed by atoms with Gasteiger partial charge in [-0.2, -0.15) is 0 Å². The molecule has 0 saturated carbocycles. The number of carboxylic acid groups (broad SMARTS) is 1. The number of amides is 2. The molecule has 27 heavy (non-hydrogen) atoms. The standard InChI is InChI=1S/C20H21ClN2O4/c1-13(2)22-19(26)15-5-7-16(8-6-15)20(27)23(12-18(24)25)11-14-3-9-17(21)10-4-14/h3-10,13H,11-12H2,1-2H3,(H,22,26)(H,24,25). The van der Waals surface area contributed by atoms with Crippen LogP contribution in [-0.2, 0) is 11.3 Å². The molecule has 2 N–H and O–H groups in total. The minimum absolute atomic E-state index is 0.00393. The smallest absolute Gasteiger partial charge is 0.323 e. The number of hydrogen-bond acceptors (Lipinski definition) is 3. The first kappa shape index (κ1) is 20.5. The Balaban J connectivity index is 2.17. The molecule has 2 rings (SSSR count). The Bertz CT molecular complexity index is 817. The van der Waals surface area contributed by atoms with Crippen LogP contribution in [0.5, 0.6) is 0 Å². The largest absolute Gasteiger partial charge is 0.480 e. The molecule has 2 amide bonds. The lowest BCUT2D eigenvalue weighted by molar-refractivity contribution is -0.137. The highest BCUT2D eigenvalue weighted by atomic mass is 35.5. The lowest BCUT2D eigenvalue weighted by Gasteiger charge is -2.21. The molecule has 0 aromatic heterocycles. The maximum atomic E-state index is 12.7. The molecule has 0 aliphatic heterocycles. The van der Waals surface area contributed by atoms with Crippen LogP contribution in [0.25, 0.3) is 0 Å². The third-order valence-corrected chi connectivity index (χ3v) is 3.97. The first-order valence-electron chi connectivity index (χ1n) is 8.42. The van der Waals surface area contributed by atoms with Crippen LogP contribution >= 0.6 is 11.6 Å². The number of nitrogens with one attached hydrogen (secondary N) is 1. The van der Waals surface area contributed by atoms with Crippen LogP contribution in [-0.4, -0.2) is 40.4 Å². The molecule has 0 atom stereocenters. The third-order valence-electron chi connectivity index (χ3n) is 3.71. The van der Waals surface area contributed by atoms with Gasteiger partial charge < -0.3 is 15.3 Å². The SMILES string of the molecule is CC(C)NC(=O)c1ccc(C(=O)N(CC(=O)O)Cc2ccc(Cl)cc2)cc1. The lowest BCUT2D eigenvalue weighted by Crippen LogP contribution is -2.35. The molecule has 0 unspecified atom stereocenters. The molecule has 2 aromatic rings. The van der Waals surface area contributed by atoms with Crippen LogP contribution in [0.3, 0.4) is 0 Å². The minimum atomic E-state index is -1.11. The molecule has 0 aliphatic rings. The van der Waals surface area contributed by atoms with Gasteiger partial charge in [0.2, 0.25) is 0 Å². The minimum Gasteiger partial charge on any atom is -0.480 e. The zero-order valence-corrected chi connectivity index (χ0v) is 15.9. The zero-order valence-electron chi connectivity index (χ0n) is 15.1. The molecule has 0 aliphatic carbocycles. The number of carbonyl (C=O) groups is 3. The van der Waals surface area contributed by atoms with Gasteiger partial charge >= 0.3 is 5.97 Å². The van der Waals surface area contributed by atoms with Crippen molar-refractivity contribution in [2.45, 2.75) is 26.4 Å². The number of carboxylic acids is 1. The molecule has 0 radical (unpaired) electrons. The fourth-order valence-corrected chi connectivity index (χ4v) is 2.59. The van der Waals surface area contributed by atoms with Gasteiger partial charge in [0.25, 0.3) is 11.8 Å². The van der Waals surface area contributed by atoms with Crippen molar-refractivity contribution in [3.63, 3.8) is 0 Å². The predicted molar refractivity (Wildman–Crippen MR) is 103 cm³/mol. The first-order chi connectivity index (χ1) is 12.8. The van der Waals surface area contributed by atoms with E-state index in [1.165, 1.54) is 17.0 Å². The van der Waals surface area contributed by atoms with E-state index in [1.807, 2.05) is 13.8 Å². The van der Waals surface area contributed by atoms with Crippen molar-refractivity contribution < 1.29 is 19.5 Å². The van der Waals surface area contributed by atoms with Gasteiger partial charge in [-0.05, 0) is 55.8 Å². The fraction of sp³-hybridized carbons (Fsp3) is 0.250.